The molecule has 0 radical (unpaired) electrons. The summed E-state index contributed by atoms with van der Waals surface area (Å²) < 4.78 is 0. The number of anilines is 1. The number of piperidine rings is 1. The molecule has 1 amide bonds. The van der Waals surface area contributed by atoms with E-state index in [1.165, 1.54) is 30.8 Å². The van der Waals surface area contributed by atoms with Crippen LogP contribution < -0.4 is 10.6 Å². The van der Waals surface area contributed by atoms with Crippen LogP contribution in [0.5, 0.6) is 0 Å². The second kappa shape index (κ2) is 7.03. The predicted octanol–water partition coefficient (Wildman–Crippen LogP) is 2.14. The monoisotopic (exact) mass is 281 g/mol. The summed E-state index contributed by atoms with van der Waals surface area (Å²) in [5, 5.41) is 8.42. The van der Waals surface area contributed by atoms with Gasteiger partial charge in [0.05, 0.1) is 5.69 Å². The van der Waals surface area contributed by atoms with Crippen LogP contribution >= 0.6 is 11.3 Å². The minimum absolute atomic E-state index is 0.00466. The Morgan fingerprint density at radius 1 is 1.47 bits per heavy atom. The third-order valence-electron chi connectivity index (χ3n) is 3.61. The van der Waals surface area contributed by atoms with Crippen LogP contribution in [0.3, 0.4) is 0 Å². The Labute approximate surface area is 119 Å². The maximum absolute atomic E-state index is 11.1. The van der Waals surface area contributed by atoms with Crippen molar-refractivity contribution in [3.05, 3.63) is 16.3 Å². The first-order valence-electron chi connectivity index (χ1n) is 6.88. The van der Waals surface area contributed by atoms with E-state index in [2.05, 4.69) is 22.6 Å². The van der Waals surface area contributed by atoms with Gasteiger partial charge in [-0.25, -0.2) is 0 Å². The lowest BCUT2D eigenvalue weighted by Gasteiger charge is -2.29. The molecule has 2 rings (SSSR count). The van der Waals surface area contributed by atoms with Gasteiger partial charge in [-0.3, -0.25) is 4.79 Å². The van der Waals surface area contributed by atoms with Crippen LogP contribution in [0.4, 0.5) is 5.69 Å². The third-order valence-corrected chi connectivity index (χ3v) is 4.53. The van der Waals surface area contributed by atoms with Gasteiger partial charge in [-0.1, -0.05) is 0 Å². The fraction of sp³-hybridized carbons (Fsp3) is 0.643. The first kappa shape index (κ1) is 14.5. The molecule has 0 unspecified atom stereocenters. The number of amides is 1. The van der Waals surface area contributed by atoms with Gasteiger partial charge < -0.3 is 15.5 Å². The Kier molecular flexibility index (Phi) is 5.36. The molecule has 19 heavy (non-hydrogen) atoms. The molecule has 1 saturated heterocycles. The molecule has 0 aliphatic carbocycles. The minimum Gasteiger partial charge on any atom is -0.325 e. The van der Waals surface area contributed by atoms with Gasteiger partial charge in [0.1, 0.15) is 0 Å². The number of likely N-dealkylation sites (tertiary alicyclic amines) is 1. The van der Waals surface area contributed by atoms with Gasteiger partial charge >= 0.3 is 0 Å². The zero-order chi connectivity index (χ0) is 13.7. The molecule has 4 nitrogen and oxygen atoms in total. The number of nitrogens with zero attached hydrogens (tertiary/aromatic N) is 1. The average Bonchev–Trinajstić information content (AvgIpc) is 2.78. The number of thiophene rings is 1. The first-order valence-corrected chi connectivity index (χ1v) is 7.76. The highest BCUT2D eigenvalue weighted by atomic mass is 32.1. The lowest BCUT2D eigenvalue weighted by molar-refractivity contribution is -0.114. The van der Waals surface area contributed by atoms with E-state index in [4.69, 9.17) is 0 Å². The van der Waals surface area contributed by atoms with Crippen molar-refractivity contribution in [2.24, 2.45) is 5.92 Å². The Morgan fingerprint density at radius 3 is 2.89 bits per heavy atom. The van der Waals surface area contributed by atoms with Gasteiger partial charge in [0.15, 0.2) is 0 Å². The SMILES string of the molecule is CC(=O)Nc1ccsc1CNCC1CCN(C)CC1. The summed E-state index contributed by atoms with van der Waals surface area (Å²) in [5.41, 5.74) is 0.952. The van der Waals surface area contributed by atoms with Crippen LogP contribution in [-0.4, -0.2) is 37.5 Å². The Morgan fingerprint density at radius 2 is 2.21 bits per heavy atom. The van der Waals surface area contributed by atoms with Crippen molar-refractivity contribution in [3.8, 4) is 0 Å². The number of carbonyl (C=O) groups excluding carboxylic acids is 1. The van der Waals surface area contributed by atoms with E-state index in [0.29, 0.717) is 0 Å². The molecule has 1 aromatic rings. The Balaban J connectivity index is 1.73. The van der Waals surface area contributed by atoms with Crippen molar-refractivity contribution in [1.29, 1.82) is 0 Å². The second-order valence-corrected chi connectivity index (χ2v) is 6.32. The number of rotatable bonds is 5. The van der Waals surface area contributed by atoms with Crippen molar-refractivity contribution in [3.63, 3.8) is 0 Å². The maximum Gasteiger partial charge on any atom is 0.221 e. The van der Waals surface area contributed by atoms with Gasteiger partial charge in [0, 0.05) is 18.3 Å². The first-order chi connectivity index (χ1) is 9.15. The maximum atomic E-state index is 11.1. The van der Waals surface area contributed by atoms with Crippen molar-refractivity contribution < 1.29 is 4.79 Å². The van der Waals surface area contributed by atoms with Gasteiger partial charge in [-0.15, -0.1) is 11.3 Å². The van der Waals surface area contributed by atoms with Crippen molar-refractivity contribution in [1.82, 2.24) is 10.2 Å². The van der Waals surface area contributed by atoms with Crippen molar-refractivity contribution in [2.45, 2.75) is 26.3 Å². The van der Waals surface area contributed by atoms with Crippen molar-refractivity contribution >= 4 is 22.9 Å². The molecule has 0 spiro atoms. The molecule has 1 aliphatic rings. The molecule has 0 bridgehead atoms. The number of carbonyl (C=O) groups is 1. The summed E-state index contributed by atoms with van der Waals surface area (Å²) in [7, 11) is 2.19. The summed E-state index contributed by atoms with van der Waals surface area (Å²) in [6, 6.07) is 1.97. The zero-order valence-corrected chi connectivity index (χ0v) is 12.6. The van der Waals surface area contributed by atoms with Crippen LogP contribution in [0.2, 0.25) is 0 Å². The molecular weight excluding hydrogens is 258 g/mol. The molecule has 0 saturated carbocycles. The fourth-order valence-corrected chi connectivity index (χ4v) is 3.23. The summed E-state index contributed by atoms with van der Waals surface area (Å²) >= 11 is 1.69. The van der Waals surface area contributed by atoms with Crippen molar-refractivity contribution in [2.75, 3.05) is 32.0 Å². The normalized spacial score (nSPS) is 17.6. The minimum atomic E-state index is -0.00466. The molecule has 2 heterocycles. The highest BCUT2D eigenvalue weighted by Gasteiger charge is 2.16. The van der Waals surface area contributed by atoms with E-state index in [9.17, 15) is 4.79 Å². The topological polar surface area (TPSA) is 44.4 Å². The largest absolute Gasteiger partial charge is 0.325 e. The third kappa shape index (κ3) is 4.60. The van der Waals surface area contributed by atoms with Crippen LogP contribution in [0, 0.1) is 5.92 Å². The van der Waals surface area contributed by atoms with Crippen LogP contribution in [-0.2, 0) is 11.3 Å². The Bertz CT molecular complexity index is 411. The second-order valence-electron chi connectivity index (χ2n) is 5.32. The molecule has 1 aliphatic heterocycles. The quantitative estimate of drug-likeness (QED) is 0.869. The van der Waals surface area contributed by atoms with E-state index in [0.717, 1.165) is 24.7 Å². The molecule has 2 N–H and O–H groups in total. The molecule has 1 fully saturated rings. The summed E-state index contributed by atoms with van der Waals surface area (Å²) in [5.74, 6) is 0.787. The van der Waals surface area contributed by atoms with Gasteiger partial charge in [0.2, 0.25) is 5.91 Å². The van der Waals surface area contributed by atoms with E-state index in [1.54, 1.807) is 18.3 Å². The molecule has 1 aromatic heterocycles. The Hall–Kier alpha value is -0.910. The number of hydrogen-bond donors (Lipinski definition) is 2. The van der Waals surface area contributed by atoms with E-state index in [-0.39, 0.29) is 5.91 Å². The molecule has 106 valence electrons. The predicted molar refractivity (Wildman–Crippen MR) is 80.6 cm³/mol. The standard InChI is InChI=1S/C14H23N3OS/c1-11(18)16-13-5-8-19-14(13)10-15-9-12-3-6-17(2)7-4-12/h5,8,12,15H,3-4,6-7,9-10H2,1-2H3,(H,16,18). The highest BCUT2D eigenvalue weighted by molar-refractivity contribution is 7.10. The number of hydrogen-bond acceptors (Lipinski definition) is 4. The van der Waals surface area contributed by atoms with Gasteiger partial charge in [0.25, 0.3) is 0 Å². The van der Waals surface area contributed by atoms with Crippen LogP contribution in [0.25, 0.3) is 0 Å². The lowest BCUT2D eigenvalue weighted by atomic mass is 9.97. The molecule has 5 heteroatoms. The molecule has 0 aromatic carbocycles. The lowest BCUT2D eigenvalue weighted by Crippen LogP contribution is -2.34. The highest BCUT2D eigenvalue weighted by Crippen LogP contribution is 2.22. The van der Waals surface area contributed by atoms with Crippen LogP contribution in [0.1, 0.15) is 24.6 Å². The smallest absolute Gasteiger partial charge is 0.221 e. The number of nitrogens with one attached hydrogen (secondary N) is 2. The zero-order valence-electron chi connectivity index (χ0n) is 11.7. The van der Waals surface area contributed by atoms with E-state index < -0.39 is 0 Å². The average molecular weight is 281 g/mol. The summed E-state index contributed by atoms with van der Waals surface area (Å²) in [6.07, 6.45) is 2.57. The van der Waals surface area contributed by atoms with Gasteiger partial charge in [-0.2, -0.15) is 0 Å². The fourth-order valence-electron chi connectivity index (χ4n) is 2.43. The summed E-state index contributed by atoms with van der Waals surface area (Å²) in [6.45, 7) is 5.89. The summed E-state index contributed by atoms with van der Waals surface area (Å²) in [4.78, 5) is 14.7. The van der Waals surface area contributed by atoms with E-state index in [1.807, 2.05) is 11.4 Å². The van der Waals surface area contributed by atoms with Crippen LogP contribution in [0.15, 0.2) is 11.4 Å². The molecule has 0 atom stereocenters. The van der Waals surface area contributed by atoms with Gasteiger partial charge in [-0.05, 0) is 56.9 Å². The molecular formula is C14H23N3OS. The van der Waals surface area contributed by atoms with E-state index >= 15 is 0 Å².